The number of benzene rings is 1. The summed E-state index contributed by atoms with van der Waals surface area (Å²) in [6.07, 6.45) is 2.11. The monoisotopic (exact) mass is 416 g/mol. The topological polar surface area (TPSA) is 81.3 Å². The molecule has 4 rings (SSSR count). The Balaban J connectivity index is 1.60. The van der Waals surface area contributed by atoms with Crippen LogP contribution in [-0.4, -0.2) is 23.0 Å². The Kier molecular flexibility index (Phi) is 5.12. The predicted octanol–water partition coefficient (Wildman–Crippen LogP) is 4.18. The SMILES string of the molecule is COc1ccc(C(=O)O[C@@H](C)c2nc3sc4c(c3c(=O)[nH]2)CC[C@@H](C)C4)cc1F. The number of halogens is 1. The van der Waals surface area contributed by atoms with Crippen LogP contribution in [0.5, 0.6) is 5.75 Å². The van der Waals surface area contributed by atoms with Crippen molar-refractivity contribution >= 4 is 27.5 Å². The number of rotatable bonds is 4. The summed E-state index contributed by atoms with van der Waals surface area (Å²) in [6.45, 7) is 3.83. The van der Waals surface area contributed by atoms with E-state index in [1.165, 1.54) is 35.5 Å². The number of aromatic amines is 1. The number of nitrogens with one attached hydrogen (secondary N) is 1. The molecule has 0 unspecified atom stereocenters. The van der Waals surface area contributed by atoms with E-state index in [1.54, 1.807) is 6.92 Å². The lowest BCUT2D eigenvalue weighted by Gasteiger charge is -2.17. The van der Waals surface area contributed by atoms with Crippen LogP contribution >= 0.6 is 11.3 Å². The Bertz CT molecular complexity index is 1150. The quantitative estimate of drug-likeness (QED) is 0.646. The number of esters is 1. The van der Waals surface area contributed by atoms with Crippen molar-refractivity contribution in [2.45, 2.75) is 39.2 Å². The van der Waals surface area contributed by atoms with Crippen LogP contribution in [0, 0.1) is 11.7 Å². The van der Waals surface area contributed by atoms with E-state index in [-0.39, 0.29) is 22.7 Å². The number of carbonyl (C=O) groups excluding carboxylic acids is 1. The van der Waals surface area contributed by atoms with Crippen molar-refractivity contribution in [1.82, 2.24) is 9.97 Å². The zero-order valence-electron chi connectivity index (χ0n) is 16.4. The number of H-pyrrole nitrogens is 1. The molecular formula is C21H21FN2O4S. The minimum Gasteiger partial charge on any atom is -0.494 e. The third-order valence-corrected chi connectivity index (χ3v) is 6.39. The molecule has 0 spiro atoms. The highest BCUT2D eigenvalue weighted by Crippen LogP contribution is 2.36. The third kappa shape index (κ3) is 3.64. The molecule has 0 saturated heterocycles. The number of fused-ring (bicyclic) bond motifs is 3. The molecule has 2 aromatic heterocycles. The van der Waals surface area contributed by atoms with Gasteiger partial charge in [-0.25, -0.2) is 14.2 Å². The predicted molar refractivity (Wildman–Crippen MR) is 108 cm³/mol. The van der Waals surface area contributed by atoms with Crippen molar-refractivity contribution in [1.29, 1.82) is 0 Å². The first-order valence-corrected chi connectivity index (χ1v) is 10.3. The van der Waals surface area contributed by atoms with Crippen LogP contribution in [0.3, 0.4) is 0 Å². The van der Waals surface area contributed by atoms with Crippen molar-refractivity contribution in [2.24, 2.45) is 5.92 Å². The number of aromatic nitrogens is 2. The molecule has 8 heteroatoms. The summed E-state index contributed by atoms with van der Waals surface area (Å²) < 4.78 is 24.1. The molecule has 3 aromatic rings. The summed E-state index contributed by atoms with van der Waals surface area (Å²) in [5, 5.41) is 0.649. The van der Waals surface area contributed by atoms with E-state index in [4.69, 9.17) is 9.47 Å². The molecule has 0 aliphatic heterocycles. The standard InChI is InChI=1S/C21H21FN2O4S/c1-10-4-6-13-16(8-10)29-20-17(13)19(25)23-18(24-20)11(2)28-21(26)12-5-7-15(27-3)14(22)9-12/h5,7,9-11H,4,6,8H2,1-3H3,(H,23,24,25)/t10-,11+/m1/s1. The van der Waals surface area contributed by atoms with E-state index in [9.17, 15) is 14.0 Å². The molecule has 2 heterocycles. The number of methoxy groups -OCH3 is 1. The second-order valence-corrected chi connectivity index (χ2v) is 8.46. The molecular weight excluding hydrogens is 395 g/mol. The van der Waals surface area contributed by atoms with E-state index in [0.29, 0.717) is 16.1 Å². The third-order valence-electron chi connectivity index (χ3n) is 5.24. The first kappa shape index (κ1) is 19.6. The molecule has 0 saturated carbocycles. The van der Waals surface area contributed by atoms with Crippen molar-refractivity contribution in [2.75, 3.05) is 7.11 Å². The molecule has 1 aliphatic rings. The maximum atomic E-state index is 13.8. The average Bonchev–Trinajstić information content (AvgIpc) is 3.05. The maximum absolute atomic E-state index is 13.8. The van der Waals surface area contributed by atoms with Gasteiger partial charge < -0.3 is 14.5 Å². The van der Waals surface area contributed by atoms with Gasteiger partial charge in [0.1, 0.15) is 4.83 Å². The van der Waals surface area contributed by atoms with Crippen LogP contribution in [0.4, 0.5) is 4.39 Å². The number of hydrogen-bond acceptors (Lipinski definition) is 6. The second-order valence-electron chi connectivity index (χ2n) is 7.38. The van der Waals surface area contributed by atoms with Crippen molar-refractivity contribution in [3.8, 4) is 5.75 Å². The largest absolute Gasteiger partial charge is 0.494 e. The smallest absolute Gasteiger partial charge is 0.338 e. The van der Waals surface area contributed by atoms with Crippen LogP contribution in [0.25, 0.3) is 10.2 Å². The first-order chi connectivity index (χ1) is 13.9. The van der Waals surface area contributed by atoms with E-state index in [0.717, 1.165) is 30.9 Å². The van der Waals surface area contributed by atoms with Crippen LogP contribution in [0.2, 0.25) is 0 Å². The molecule has 1 aromatic carbocycles. The van der Waals surface area contributed by atoms with Gasteiger partial charge in [0.25, 0.3) is 5.56 Å². The number of nitrogens with zero attached hydrogens (tertiary/aromatic N) is 1. The summed E-state index contributed by atoms with van der Waals surface area (Å²) in [4.78, 5) is 34.3. The van der Waals surface area contributed by atoms with Crippen LogP contribution in [-0.2, 0) is 17.6 Å². The van der Waals surface area contributed by atoms with Gasteiger partial charge in [-0.3, -0.25) is 4.79 Å². The van der Waals surface area contributed by atoms with Crippen LogP contribution in [0.15, 0.2) is 23.0 Å². The fourth-order valence-corrected chi connectivity index (χ4v) is 5.03. The number of carbonyl (C=O) groups is 1. The Labute approximate surface area is 170 Å². The van der Waals surface area contributed by atoms with Gasteiger partial charge in [0.15, 0.2) is 23.5 Å². The van der Waals surface area contributed by atoms with Gasteiger partial charge >= 0.3 is 5.97 Å². The highest BCUT2D eigenvalue weighted by Gasteiger charge is 2.24. The normalized spacial score (nSPS) is 17.0. The molecule has 6 nitrogen and oxygen atoms in total. The molecule has 152 valence electrons. The maximum Gasteiger partial charge on any atom is 0.338 e. The fourth-order valence-electron chi connectivity index (χ4n) is 3.64. The highest BCUT2D eigenvalue weighted by molar-refractivity contribution is 7.18. The lowest BCUT2D eigenvalue weighted by atomic mass is 9.89. The van der Waals surface area contributed by atoms with Crippen LogP contribution in [0.1, 0.15) is 53.0 Å². The summed E-state index contributed by atoms with van der Waals surface area (Å²) in [7, 11) is 1.35. The summed E-state index contributed by atoms with van der Waals surface area (Å²) in [5.41, 5.74) is 0.941. The Morgan fingerprint density at radius 1 is 1.41 bits per heavy atom. The minimum atomic E-state index is -0.789. The second kappa shape index (κ2) is 7.59. The lowest BCUT2D eigenvalue weighted by molar-refractivity contribution is 0.0319. The molecule has 1 aliphatic carbocycles. The summed E-state index contributed by atoms with van der Waals surface area (Å²) in [5.74, 6) is -0.445. The van der Waals surface area contributed by atoms with Gasteiger partial charge in [-0.15, -0.1) is 11.3 Å². The summed E-state index contributed by atoms with van der Waals surface area (Å²) in [6, 6.07) is 3.84. The van der Waals surface area contributed by atoms with E-state index in [1.807, 2.05) is 0 Å². The molecule has 0 fully saturated rings. The van der Waals surface area contributed by atoms with Crippen LogP contribution < -0.4 is 10.3 Å². The van der Waals surface area contributed by atoms with Gasteiger partial charge in [0.2, 0.25) is 0 Å². The minimum absolute atomic E-state index is 0.0435. The van der Waals surface area contributed by atoms with Crippen molar-refractivity contribution in [3.63, 3.8) is 0 Å². The average molecular weight is 416 g/mol. The number of hydrogen-bond donors (Lipinski definition) is 1. The van der Waals surface area contributed by atoms with Gasteiger partial charge in [-0.2, -0.15) is 0 Å². The van der Waals surface area contributed by atoms with Crippen molar-refractivity contribution < 1.29 is 18.7 Å². The molecule has 1 N–H and O–H groups in total. The van der Waals surface area contributed by atoms with E-state index >= 15 is 0 Å². The molecule has 2 atom stereocenters. The van der Waals surface area contributed by atoms with Crippen molar-refractivity contribution in [3.05, 3.63) is 56.2 Å². The number of thiophene rings is 1. The Hall–Kier alpha value is -2.74. The lowest BCUT2D eigenvalue weighted by Crippen LogP contribution is -2.18. The fraction of sp³-hybridized carbons (Fsp3) is 0.381. The van der Waals surface area contributed by atoms with Gasteiger partial charge in [0.05, 0.1) is 18.1 Å². The molecule has 0 bridgehead atoms. The molecule has 0 amide bonds. The van der Waals surface area contributed by atoms with Gasteiger partial charge in [-0.1, -0.05) is 6.92 Å². The van der Waals surface area contributed by atoms with Gasteiger partial charge in [0, 0.05) is 4.88 Å². The Morgan fingerprint density at radius 3 is 2.93 bits per heavy atom. The Morgan fingerprint density at radius 2 is 2.21 bits per heavy atom. The number of ether oxygens (including phenoxy) is 2. The first-order valence-electron chi connectivity index (χ1n) is 9.46. The zero-order chi connectivity index (χ0) is 20.7. The summed E-state index contributed by atoms with van der Waals surface area (Å²) >= 11 is 1.54. The number of aryl methyl sites for hydroxylation is 1. The highest BCUT2D eigenvalue weighted by atomic mass is 32.1. The zero-order valence-corrected chi connectivity index (χ0v) is 17.2. The molecule has 0 radical (unpaired) electrons. The van der Waals surface area contributed by atoms with E-state index < -0.39 is 17.9 Å². The van der Waals surface area contributed by atoms with E-state index in [2.05, 4.69) is 16.9 Å². The van der Waals surface area contributed by atoms with Gasteiger partial charge in [-0.05, 0) is 55.9 Å². The molecule has 29 heavy (non-hydrogen) atoms.